The molecule has 1 fully saturated rings. The Labute approximate surface area is 222 Å². The van der Waals surface area contributed by atoms with Crippen LogP contribution in [0.2, 0.25) is 0 Å². The number of nitrogens with one attached hydrogen (secondary N) is 1. The number of aryl methyl sites for hydroxylation is 2. The van der Waals surface area contributed by atoms with Crippen LogP contribution in [0, 0.1) is 0 Å². The molecule has 1 aliphatic heterocycles. The fraction of sp³-hybridized carbons (Fsp3) is 0.379. The van der Waals surface area contributed by atoms with Crippen LogP contribution in [-0.2, 0) is 12.8 Å². The zero-order chi connectivity index (χ0) is 26.6. The Balaban J connectivity index is 1.25. The van der Waals surface area contributed by atoms with E-state index in [-0.39, 0.29) is 12.0 Å². The second kappa shape index (κ2) is 11.3. The number of piperazine rings is 1. The van der Waals surface area contributed by atoms with Gasteiger partial charge in [0.15, 0.2) is 0 Å². The molecule has 1 aliphatic rings. The van der Waals surface area contributed by atoms with Gasteiger partial charge in [0, 0.05) is 62.0 Å². The lowest BCUT2D eigenvalue weighted by molar-refractivity contribution is 0.0604. The van der Waals surface area contributed by atoms with Crippen molar-refractivity contribution in [3.8, 4) is 17.1 Å². The van der Waals surface area contributed by atoms with Crippen molar-refractivity contribution in [2.24, 2.45) is 0 Å². The predicted octanol–water partition coefficient (Wildman–Crippen LogP) is 3.34. The number of rotatable bonds is 8. The summed E-state index contributed by atoms with van der Waals surface area (Å²) in [5.41, 5.74) is 4.17. The quantitative estimate of drug-likeness (QED) is 0.371. The summed E-state index contributed by atoms with van der Waals surface area (Å²) in [7, 11) is 2.08. The van der Waals surface area contributed by atoms with Crippen LogP contribution in [0.25, 0.3) is 22.3 Å². The molecule has 0 spiro atoms. The molecule has 2 unspecified atom stereocenters. The standard InChI is InChI=1S/C29H34N6O3/c1-19(36)20(2)38-23-8-10-30-26(18-23)25-9-11-31-28(33-25)7-5-21-4-6-24-22(16-21)17-27(32-24)29(37)35-14-12-34(3)13-15-35/h4,6,8-11,16-20,32,36H,5,7,12-15H2,1-3H3. The summed E-state index contributed by atoms with van der Waals surface area (Å²) in [6.45, 7) is 6.83. The van der Waals surface area contributed by atoms with Crippen LogP contribution in [0.15, 0.2) is 54.9 Å². The highest BCUT2D eigenvalue weighted by Gasteiger charge is 2.21. The van der Waals surface area contributed by atoms with Gasteiger partial charge in [0.25, 0.3) is 5.91 Å². The third-order valence-electron chi connectivity index (χ3n) is 7.04. The molecule has 0 radical (unpaired) electrons. The number of hydrogen-bond donors (Lipinski definition) is 2. The molecular weight excluding hydrogens is 480 g/mol. The molecule has 2 N–H and O–H groups in total. The van der Waals surface area contributed by atoms with Crippen LogP contribution in [0.5, 0.6) is 5.75 Å². The predicted molar refractivity (Wildman–Crippen MR) is 146 cm³/mol. The second-order valence-electron chi connectivity index (χ2n) is 10.00. The monoisotopic (exact) mass is 514 g/mol. The number of ether oxygens (including phenoxy) is 1. The first-order chi connectivity index (χ1) is 18.4. The van der Waals surface area contributed by atoms with Gasteiger partial charge in [-0.15, -0.1) is 0 Å². The molecule has 0 aliphatic carbocycles. The van der Waals surface area contributed by atoms with Crippen LogP contribution < -0.4 is 4.74 Å². The van der Waals surface area contributed by atoms with Crippen molar-refractivity contribution >= 4 is 16.8 Å². The van der Waals surface area contributed by atoms with E-state index in [1.807, 2.05) is 36.1 Å². The number of aliphatic hydroxyl groups excluding tert-OH is 1. The number of aromatic amines is 1. The molecule has 9 heteroatoms. The zero-order valence-electron chi connectivity index (χ0n) is 22.1. The molecule has 198 valence electrons. The molecule has 1 amide bonds. The SMILES string of the molecule is CC(O)C(C)Oc1ccnc(-c2ccnc(CCc3ccc4[nH]c(C(=O)N5CCN(C)CC5)cc4c3)n2)c1. The Bertz CT molecular complexity index is 1410. The molecule has 3 aromatic heterocycles. The van der Waals surface area contributed by atoms with Gasteiger partial charge in [-0.1, -0.05) is 6.07 Å². The average Bonchev–Trinajstić information content (AvgIpc) is 3.36. The van der Waals surface area contributed by atoms with Crippen molar-refractivity contribution in [1.29, 1.82) is 0 Å². The van der Waals surface area contributed by atoms with Gasteiger partial charge < -0.3 is 24.6 Å². The third-order valence-corrected chi connectivity index (χ3v) is 7.04. The molecule has 4 heterocycles. The van der Waals surface area contributed by atoms with Crippen molar-refractivity contribution in [3.05, 3.63) is 71.9 Å². The van der Waals surface area contributed by atoms with Gasteiger partial charge in [0.2, 0.25) is 0 Å². The number of aromatic nitrogens is 4. The minimum atomic E-state index is -0.577. The fourth-order valence-electron chi connectivity index (χ4n) is 4.49. The van der Waals surface area contributed by atoms with Crippen LogP contribution in [-0.4, -0.2) is 86.2 Å². The first kappa shape index (κ1) is 25.8. The minimum Gasteiger partial charge on any atom is -0.488 e. The van der Waals surface area contributed by atoms with E-state index in [0.717, 1.165) is 60.6 Å². The van der Waals surface area contributed by atoms with Gasteiger partial charge >= 0.3 is 0 Å². The van der Waals surface area contributed by atoms with Crippen molar-refractivity contribution < 1.29 is 14.6 Å². The summed E-state index contributed by atoms with van der Waals surface area (Å²) in [6, 6.07) is 13.6. The highest BCUT2D eigenvalue weighted by Crippen LogP contribution is 2.22. The van der Waals surface area contributed by atoms with Crippen molar-refractivity contribution in [2.45, 2.75) is 38.9 Å². The van der Waals surface area contributed by atoms with Gasteiger partial charge in [0.1, 0.15) is 23.4 Å². The van der Waals surface area contributed by atoms with Crippen LogP contribution >= 0.6 is 0 Å². The molecule has 1 saturated heterocycles. The van der Waals surface area contributed by atoms with Crippen molar-refractivity contribution in [2.75, 3.05) is 33.2 Å². The Morgan fingerprint density at radius 3 is 2.58 bits per heavy atom. The number of amides is 1. The number of H-pyrrole nitrogens is 1. The number of likely N-dealkylation sites (N-methyl/N-ethyl adjacent to an activating group) is 1. The first-order valence-corrected chi connectivity index (χ1v) is 13.1. The summed E-state index contributed by atoms with van der Waals surface area (Å²) in [5, 5.41) is 10.8. The topological polar surface area (TPSA) is 107 Å². The van der Waals surface area contributed by atoms with E-state index in [0.29, 0.717) is 23.6 Å². The Morgan fingerprint density at radius 1 is 1.00 bits per heavy atom. The molecule has 38 heavy (non-hydrogen) atoms. The molecule has 1 aromatic carbocycles. The highest BCUT2D eigenvalue weighted by molar-refractivity contribution is 5.98. The summed E-state index contributed by atoms with van der Waals surface area (Å²) >= 11 is 0. The minimum absolute atomic E-state index is 0.0597. The van der Waals surface area contributed by atoms with Crippen LogP contribution in [0.4, 0.5) is 0 Å². The number of carbonyl (C=O) groups excluding carboxylic acids is 1. The summed E-state index contributed by atoms with van der Waals surface area (Å²) < 4.78 is 5.80. The lowest BCUT2D eigenvalue weighted by Gasteiger charge is -2.32. The maximum atomic E-state index is 13.0. The number of pyridine rings is 1. The zero-order valence-corrected chi connectivity index (χ0v) is 22.1. The van der Waals surface area contributed by atoms with Gasteiger partial charge in [-0.25, -0.2) is 9.97 Å². The largest absolute Gasteiger partial charge is 0.488 e. The molecule has 0 bridgehead atoms. The summed E-state index contributed by atoms with van der Waals surface area (Å²) in [4.78, 5) is 34.0. The maximum absolute atomic E-state index is 13.0. The third kappa shape index (κ3) is 6.00. The van der Waals surface area contributed by atoms with Crippen molar-refractivity contribution in [1.82, 2.24) is 29.7 Å². The van der Waals surface area contributed by atoms with E-state index in [1.54, 1.807) is 25.4 Å². The Morgan fingerprint density at radius 2 is 1.79 bits per heavy atom. The van der Waals surface area contributed by atoms with E-state index < -0.39 is 6.10 Å². The summed E-state index contributed by atoms with van der Waals surface area (Å²) in [5.74, 6) is 1.42. The Hall–Kier alpha value is -3.82. The molecule has 0 saturated carbocycles. The fourth-order valence-corrected chi connectivity index (χ4v) is 4.49. The van der Waals surface area contributed by atoms with E-state index >= 15 is 0 Å². The molecular formula is C29H34N6O3. The van der Waals surface area contributed by atoms with E-state index in [4.69, 9.17) is 9.72 Å². The number of fused-ring (bicyclic) bond motifs is 1. The summed E-state index contributed by atoms with van der Waals surface area (Å²) in [6.07, 6.45) is 3.96. The number of nitrogens with zero attached hydrogens (tertiary/aromatic N) is 5. The van der Waals surface area contributed by atoms with Gasteiger partial charge in [0.05, 0.1) is 17.5 Å². The van der Waals surface area contributed by atoms with Gasteiger partial charge in [-0.3, -0.25) is 9.78 Å². The normalized spacial score (nSPS) is 15.9. The highest BCUT2D eigenvalue weighted by atomic mass is 16.5. The number of carbonyl (C=O) groups is 1. The number of benzene rings is 1. The first-order valence-electron chi connectivity index (χ1n) is 13.1. The van der Waals surface area contributed by atoms with E-state index in [2.05, 4.69) is 39.0 Å². The second-order valence-corrected chi connectivity index (χ2v) is 10.00. The van der Waals surface area contributed by atoms with Crippen LogP contribution in [0.1, 0.15) is 35.7 Å². The van der Waals surface area contributed by atoms with Gasteiger partial charge in [-0.05, 0) is 63.2 Å². The Kier molecular flexibility index (Phi) is 7.67. The molecule has 4 aromatic rings. The van der Waals surface area contributed by atoms with E-state index in [9.17, 15) is 9.90 Å². The smallest absolute Gasteiger partial charge is 0.270 e. The lowest BCUT2D eigenvalue weighted by Crippen LogP contribution is -2.47. The molecule has 9 nitrogen and oxygen atoms in total. The number of aliphatic hydroxyl groups is 1. The maximum Gasteiger partial charge on any atom is 0.270 e. The van der Waals surface area contributed by atoms with Gasteiger partial charge in [-0.2, -0.15) is 0 Å². The number of hydrogen-bond acceptors (Lipinski definition) is 7. The molecule has 5 rings (SSSR count). The van der Waals surface area contributed by atoms with Crippen LogP contribution in [0.3, 0.4) is 0 Å². The average molecular weight is 515 g/mol. The molecule has 2 atom stereocenters. The lowest BCUT2D eigenvalue weighted by atomic mass is 10.1. The van der Waals surface area contributed by atoms with E-state index in [1.165, 1.54) is 0 Å². The van der Waals surface area contributed by atoms with Crippen molar-refractivity contribution in [3.63, 3.8) is 0 Å².